The fraction of sp³-hybridized carbons (Fsp3) is 0.667. The highest BCUT2D eigenvalue weighted by atomic mass is 32.2. The number of thioether (sulfide) groups is 1. The van der Waals surface area contributed by atoms with Crippen LogP contribution in [0.5, 0.6) is 0 Å². The van der Waals surface area contributed by atoms with E-state index in [9.17, 15) is 0 Å². The molecular formula is C18H27NO2S. The van der Waals surface area contributed by atoms with Gasteiger partial charge >= 0.3 is 0 Å². The second-order valence-electron chi connectivity index (χ2n) is 6.30. The van der Waals surface area contributed by atoms with Crippen molar-refractivity contribution < 1.29 is 9.47 Å². The van der Waals surface area contributed by atoms with E-state index in [0.29, 0.717) is 6.04 Å². The van der Waals surface area contributed by atoms with Crippen molar-refractivity contribution in [2.24, 2.45) is 0 Å². The third-order valence-electron chi connectivity index (χ3n) is 4.75. The summed E-state index contributed by atoms with van der Waals surface area (Å²) in [7, 11) is 0. The van der Waals surface area contributed by atoms with Gasteiger partial charge in [-0.1, -0.05) is 12.5 Å². The number of piperidine rings is 1. The first-order valence-electron chi connectivity index (χ1n) is 8.41. The monoisotopic (exact) mass is 321 g/mol. The number of likely N-dealkylation sites (tertiary alicyclic amines) is 1. The summed E-state index contributed by atoms with van der Waals surface area (Å²) in [6, 6.07) is 7.22. The van der Waals surface area contributed by atoms with Crippen molar-refractivity contribution in [1.29, 1.82) is 0 Å². The Labute approximate surface area is 138 Å². The molecule has 0 aromatic heterocycles. The summed E-state index contributed by atoms with van der Waals surface area (Å²) < 4.78 is 11.5. The number of aryl methyl sites for hydroxylation is 2. The Morgan fingerprint density at radius 2 is 1.95 bits per heavy atom. The summed E-state index contributed by atoms with van der Waals surface area (Å²) in [5.41, 5.74) is 2.75. The lowest BCUT2D eigenvalue weighted by atomic mass is 10.0. The topological polar surface area (TPSA) is 21.7 Å². The first-order chi connectivity index (χ1) is 10.7. The normalized spacial score (nSPS) is 24.0. The zero-order chi connectivity index (χ0) is 15.4. The number of ether oxygens (including phenoxy) is 2. The minimum atomic E-state index is 0.00641. The van der Waals surface area contributed by atoms with Crippen LogP contribution in [0.2, 0.25) is 0 Å². The lowest BCUT2D eigenvalue weighted by Gasteiger charge is -2.37. The van der Waals surface area contributed by atoms with Gasteiger partial charge in [-0.3, -0.25) is 4.90 Å². The van der Waals surface area contributed by atoms with E-state index >= 15 is 0 Å². The molecule has 22 heavy (non-hydrogen) atoms. The Kier molecular flexibility index (Phi) is 5.80. The summed E-state index contributed by atoms with van der Waals surface area (Å²) in [5, 5.41) is 0. The number of nitrogens with zero attached hydrogens (tertiary/aromatic N) is 1. The molecule has 122 valence electrons. The summed E-state index contributed by atoms with van der Waals surface area (Å²) >= 11 is 1.96. The predicted octanol–water partition coefficient (Wildman–Crippen LogP) is 3.62. The lowest BCUT2D eigenvalue weighted by Crippen LogP contribution is -2.48. The van der Waals surface area contributed by atoms with E-state index in [4.69, 9.17) is 9.47 Å². The number of hydrogen-bond donors (Lipinski definition) is 0. The maximum Gasteiger partial charge on any atom is 0.173 e. The van der Waals surface area contributed by atoms with Crippen molar-refractivity contribution >= 4 is 11.8 Å². The van der Waals surface area contributed by atoms with E-state index in [1.165, 1.54) is 41.8 Å². The minimum Gasteiger partial charge on any atom is -0.349 e. The Morgan fingerprint density at radius 1 is 1.14 bits per heavy atom. The third kappa shape index (κ3) is 4.05. The van der Waals surface area contributed by atoms with E-state index in [2.05, 4.69) is 36.9 Å². The standard InChI is InChI=1S/C18H27NO2S/c1-14-6-7-16(13-15(14)2)22-12-9-19-8-4-3-5-17(19)18-20-10-11-21-18/h6-7,13,17-18H,3-5,8-12H2,1-2H3. The smallest absolute Gasteiger partial charge is 0.173 e. The van der Waals surface area contributed by atoms with Crippen LogP contribution in [0.1, 0.15) is 30.4 Å². The quantitative estimate of drug-likeness (QED) is 0.772. The molecule has 0 aliphatic carbocycles. The van der Waals surface area contributed by atoms with Gasteiger partial charge in [0.2, 0.25) is 0 Å². The Hall–Kier alpha value is -0.550. The number of hydrogen-bond acceptors (Lipinski definition) is 4. The van der Waals surface area contributed by atoms with E-state index in [1.807, 2.05) is 11.8 Å². The summed E-state index contributed by atoms with van der Waals surface area (Å²) in [5.74, 6) is 1.13. The molecule has 3 nitrogen and oxygen atoms in total. The van der Waals surface area contributed by atoms with Crippen LogP contribution in [0.3, 0.4) is 0 Å². The van der Waals surface area contributed by atoms with E-state index in [0.717, 1.165) is 25.5 Å². The van der Waals surface area contributed by atoms with Crippen LogP contribution >= 0.6 is 11.8 Å². The van der Waals surface area contributed by atoms with Crippen molar-refractivity contribution in [1.82, 2.24) is 4.90 Å². The van der Waals surface area contributed by atoms with Gasteiger partial charge in [0.15, 0.2) is 6.29 Å². The molecule has 1 aromatic carbocycles. The van der Waals surface area contributed by atoms with Crippen molar-refractivity contribution in [3.8, 4) is 0 Å². The predicted molar refractivity (Wildman–Crippen MR) is 91.5 cm³/mol. The molecule has 0 bridgehead atoms. The van der Waals surface area contributed by atoms with Gasteiger partial charge in [-0.15, -0.1) is 11.8 Å². The van der Waals surface area contributed by atoms with Gasteiger partial charge in [0.25, 0.3) is 0 Å². The SMILES string of the molecule is Cc1ccc(SCCN2CCCCC2C2OCCO2)cc1C. The van der Waals surface area contributed by atoms with Gasteiger partial charge in [0, 0.05) is 17.2 Å². The van der Waals surface area contributed by atoms with Gasteiger partial charge in [0.05, 0.1) is 19.3 Å². The van der Waals surface area contributed by atoms with Crippen LogP contribution in [0.25, 0.3) is 0 Å². The fourth-order valence-electron chi connectivity index (χ4n) is 3.29. The minimum absolute atomic E-state index is 0.00641. The van der Waals surface area contributed by atoms with Crippen LogP contribution in [0.15, 0.2) is 23.1 Å². The molecule has 3 rings (SSSR count). The van der Waals surface area contributed by atoms with Gasteiger partial charge in [-0.25, -0.2) is 0 Å². The molecule has 2 fully saturated rings. The molecule has 0 N–H and O–H groups in total. The highest BCUT2D eigenvalue weighted by Crippen LogP contribution is 2.26. The molecule has 2 heterocycles. The molecule has 0 spiro atoms. The molecule has 0 radical (unpaired) electrons. The van der Waals surface area contributed by atoms with Gasteiger partial charge in [-0.05, 0) is 56.5 Å². The molecule has 0 amide bonds. The molecule has 1 atom stereocenters. The Morgan fingerprint density at radius 3 is 2.73 bits per heavy atom. The second kappa shape index (κ2) is 7.82. The second-order valence-corrected chi connectivity index (χ2v) is 7.47. The van der Waals surface area contributed by atoms with Crippen molar-refractivity contribution in [2.75, 3.05) is 32.1 Å². The maximum atomic E-state index is 5.75. The molecule has 1 aromatic rings. The van der Waals surface area contributed by atoms with Crippen LogP contribution in [-0.2, 0) is 9.47 Å². The van der Waals surface area contributed by atoms with Crippen molar-refractivity contribution in [3.63, 3.8) is 0 Å². The first kappa shape index (κ1) is 16.3. The Balaban J connectivity index is 1.51. The lowest BCUT2D eigenvalue weighted by molar-refractivity contribution is -0.107. The molecule has 0 saturated carbocycles. The van der Waals surface area contributed by atoms with Gasteiger partial charge in [-0.2, -0.15) is 0 Å². The third-order valence-corrected chi connectivity index (χ3v) is 5.73. The number of rotatable bonds is 5. The van der Waals surface area contributed by atoms with Gasteiger partial charge in [0.1, 0.15) is 0 Å². The molecule has 4 heteroatoms. The average molecular weight is 321 g/mol. The highest BCUT2D eigenvalue weighted by Gasteiger charge is 2.33. The Bertz CT molecular complexity index is 488. The van der Waals surface area contributed by atoms with Crippen LogP contribution in [0, 0.1) is 13.8 Å². The fourth-order valence-corrected chi connectivity index (χ4v) is 4.27. The molecule has 2 aliphatic heterocycles. The summed E-state index contributed by atoms with van der Waals surface area (Å²) in [6.07, 6.45) is 3.82. The molecule has 1 unspecified atom stereocenters. The van der Waals surface area contributed by atoms with Crippen LogP contribution in [0.4, 0.5) is 0 Å². The largest absolute Gasteiger partial charge is 0.349 e. The zero-order valence-electron chi connectivity index (χ0n) is 13.7. The highest BCUT2D eigenvalue weighted by molar-refractivity contribution is 7.99. The van der Waals surface area contributed by atoms with E-state index in [1.54, 1.807) is 0 Å². The first-order valence-corrected chi connectivity index (χ1v) is 9.40. The summed E-state index contributed by atoms with van der Waals surface area (Å²) in [6.45, 7) is 8.17. The summed E-state index contributed by atoms with van der Waals surface area (Å²) in [4.78, 5) is 3.96. The molecular weight excluding hydrogens is 294 g/mol. The van der Waals surface area contributed by atoms with Crippen molar-refractivity contribution in [2.45, 2.75) is 50.3 Å². The van der Waals surface area contributed by atoms with E-state index < -0.39 is 0 Å². The molecule has 2 aliphatic rings. The zero-order valence-corrected chi connectivity index (χ0v) is 14.5. The van der Waals surface area contributed by atoms with Crippen LogP contribution in [-0.4, -0.2) is 49.3 Å². The van der Waals surface area contributed by atoms with Crippen molar-refractivity contribution in [3.05, 3.63) is 29.3 Å². The van der Waals surface area contributed by atoms with Crippen LogP contribution < -0.4 is 0 Å². The van der Waals surface area contributed by atoms with Gasteiger partial charge < -0.3 is 9.47 Å². The van der Waals surface area contributed by atoms with E-state index in [-0.39, 0.29) is 6.29 Å². The molecule has 2 saturated heterocycles. The maximum absolute atomic E-state index is 5.75. The average Bonchev–Trinajstić information content (AvgIpc) is 3.05. The number of benzene rings is 1.